The lowest BCUT2D eigenvalue weighted by molar-refractivity contribution is 0.415. The van der Waals surface area contributed by atoms with E-state index in [1.54, 1.807) is 7.11 Å². The van der Waals surface area contributed by atoms with E-state index >= 15 is 0 Å². The van der Waals surface area contributed by atoms with Crippen LogP contribution in [0.25, 0.3) is 11.4 Å². The number of benzene rings is 1. The van der Waals surface area contributed by atoms with Crippen molar-refractivity contribution in [2.24, 2.45) is 0 Å². The lowest BCUT2D eigenvalue weighted by Crippen LogP contribution is -2.26. The van der Waals surface area contributed by atoms with Gasteiger partial charge in [-0.3, -0.25) is 0 Å². The molecule has 0 saturated heterocycles. The van der Waals surface area contributed by atoms with Crippen LogP contribution in [0.1, 0.15) is 22.5 Å². The predicted molar refractivity (Wildman–Crippen MR) is 78.9 cm³/mol. The van der Waals surface area contributed by atoms with E-state index in [1.165, 1.54) is 11.1 Å². The van der Waals surface area contributed by atoms with Gasteiger partial charge in [0.1, 0.15) is 5.75 Å². The zero-order valence-corrected chi connectivity index (χ0v) is 12.2. The van der Waals surface area contributed by atoms with Crippen molar-refractivity contribution in [3.8, 4) is 17.1 Å². The van der Waals surface area contributed by atoms with Gasteiger partial charge in [-0.05, 0) is 31.5 Å². The molecule has 1 N–H and O–H groups in total. The Morgan fingerprint density at radius 2 is 2.05 bits per heavy atom. The molecule has 0 bridgehead atoms. The normalized spacial score (nSPS) is 13.9. The van der Waals surface area contributed by atoms with Crippen LogP contribution in [0.5, 0.6) is 5.75 Å². The maximum absolute atomic E-state index is 5.47. The summed E-state index contributed by atoms with van der Waals surface area (Å²) in [7, 11) is 1.69. The van der Waals surface area contributed by atoms with Crippen molar-refractivity contribution in [3.63, 3.8) is 0 Å². The fourth-order valence-corrected chi connectivity index (χ4v) is 2.62. The number of rotatable bonds is 2. The lowest BCUT2D eigenvalue weighted by atomic mass is 10.0. The molecule has 2 aromatic rings. The van der Waals surface area contributed by atoms with Gasteiger partial charge in [0.25, 0.3) is 0 Å². The third-order valence-corrected chi connectivity index (χ3v) is 3.74. The van der Waals surface area contributed by atoms with E-state index in [4.69, 9.17) is 9.72 Å². The minimum absolute atomic E-state index is 0.764. The summed E-state index contributed by atoms with van der Waals surface area (Å²) in [6, 6.07) is 6.13. The number of nitrogens with zero attached hydrogens (tertiary/aromatic N) is 2. The Morgan fingerprint density at radius 3 is 2.85 bits per heavy atom. The first-order valence-corrected chi connectivity index (χ1v) is 6.91. The zero-order chi connectivity index (χ0) is 14.1. The van der Waals surface area contributed by atoms with Crippen molar-refractivity contribution in [1.29, 1.82) is 0 Å². The van der Waals surface area contributed by atoms with Crippen LogP contribution in [0.3, 0.4) is 0 Å². The van der Waals surface area contributed by atoms with Crippen LogP contribution < -0.4 is 10.1 Å². The van der Waals surface area contributed by atoms with E-state index in [-0.39, 0.29) is 0 Å². The number of ether oxygens (including phenoxy) is 1. The Hall–Kier alpha value is -1.94. The summed E-state index contributed by atoms with van der Waals surface area (Å²) in [5.41, 5.74) is 5.59. The predicted octanol–water partition coefficient (Wildman–Crippen LogP) is 2.41. The Morgan fingerprint density at radius 1 is 1.20 bits per heavy atom. The van der Waals surface area contributed by atoms with Gasteiger partial charge < -0.3 is 10.1 Å². The molecule has 0 fully saturated rings. The molecular weight excluding hydrogens is 250 g/mol. The summed E-state index contributed by atoms with van der Waals surface area (Å²) in [6.07, 6.45) is 0.958. The van der Waals surface area contributed by atoms with E-state index in [0.717, 1.165) is 48.0 Å². The highest BCUT2D eigenvalue weighted by atomic mass is 16.5. The molecule has 1 aliphatic rings. The van der Waals surface area contributed by atoms with Crippen molar-refractivity contribution in [1.82, 2.24) is 15.3 Å². The van der Waals surface area contributed by atoms with Gasteiger partial charge in [-0.25, -0.2) is 9.97 Å². The van der Waals surface area contributed by atoms with Gasteiger partial charge in [0.15, 0.2) is 5.82 Å². The molecule has 4 nitrogen and oxygen atoms in total. The summed E-state index contributed by atoms with van der Waals surface area (Å²) in [6.45, 7) is 5.95. The summed E-state index contributed by atoms with van der Waals surface area (Å²) >= 11 is 0. The number of aromatic nitrogens is 2. The van der Waals surface area contributed by atoms with E-state index < -0.39 is 0 Å². The van der Waals surface area contributed by atoms with Crippen molar-refractivity contribution in [2.75, 3.05) is 13.7 Å². The minimum Gasteiger partial charge on any atom is -0.496 e. The zero-order valence-electron chi connectivity index (χ0n) is 12.2. The maximum atomic E-state index is 5.47. The Kier molecular flexibility index (Phi) is 3.40. The molecule has 0 aliphatic carbocycles. The van der Waals surface area contributed by atoms with Gasteiger partial charge >= 0.3 is 0 Å². The number of aryl methyl sites for hydroxylation is 2. The highest BCUT2D eigenvalue weighted by Crippen LogP contribution is 2.29. The first-order valence-electron chi connectivity index (χ1n) is 6.91. The minimum atomic E-state index is 0.764. The summed E-state index contributed by atoms with van der Waals surface area (Å²) in [5, 5.41) is 3.37. The number of hydrogen-bond donors (Lipinski definition) is 1. The average molecular weight is 269 g/mol. The molecule has 4 heteroatoms. The molecule has 1 aromatic carbocycles. The van der Waals surface area contributed by atoms with Crippen molar-refractivity contribution >= 4 is 0 Å². The average Bonchev–Trinajstić information content (AvgIpc) is 2.47. The van der Waals surface area contributed by atoms with Crippen molar-refractivity contribution in [2.45, 2.75) is 26.8 Å². The summed E-state index contributed by atoms with van der Waals surface area (Å²) < 4.78 is 5.47. The van der Waals surface area contributed by atoms with Gasteiger partial charge in [0, 0.05) is 30.8 Å². The highest BCUT2D eigenvalue weighted by molar-refractivity contribution is 5.65. The number of methoxy groups -OCH3 is 1. The molecule has 20 heavy (non-hydrogen) atoms. The molecule has 0 atom stereocenters. The molecule has 0 unspecified atom stereocenters. The van der Waals surface area contributed by atoms with Crippen molar-refractivity contribution in [3.05, 3.63) is 40.7 Å². The van der Waals surface area contributed by atoms with Gasteiger partial charge in [0.05, 0.1) is 18.4 Å². The molecule has 0 radical (unpaired) electrons. The van der Waals surface area contributed by atoms with Gasteiger partial charge in [-0.2, -0.15) is 0 Å². The van der Waals surface area contributed by atoms with Crippen molar-refractivity contribution < 1.29 is 4.74 Å². The second kappa shape index (κ2) is 5.21. The van der Waals surface area contributed by atoms with Crippen LogP contribution in [0, 0.1) is 13.8 Å². The molecule has 2 heterocycles. The first kappa shape index (κ1) is 13.1. The third kappa shape index (κ3) is 2.27. The van der Waals surface area contributed by atoms with Gasteiger partial charge in [-0.15, -0.1) is 0 Å². The first-order chi connectivity index (χ1) is 9.69. The number of fused-ring (bicyclic) bond motifs is 1. The van der Waals surface area contributed by atoms with Crippen LogP contribution in [0.2, 0.25) is 0 Å². The quantitative estimate of drug-likeness (QED) is 0.909. The Labute approximate surface area is 119 Å². The standard InChI is InChI=1S/C16H19N3O/c1-10-4-5-12(15(8-10)20-3)16-18-11(2)13-9-17-7-6-14(13)19-16/h4-5,8,17H,6-7,9H2,1-3H3. The topological polar surface area (TPSA) is 47.0 Å². The van der Waals surface area contributed by atoms with E-state index in [2.05, 4.69) is 30.2 Å². The van der Waals surface area contributed by atoms with Crippen LogP contribution in [0.15, 0.2) is 18.2 Å². The Bertz CT molecular complexity index is 652. The van der Waals surface area contributed by atoms with Gasteiger partial charge in [-0.1, -0.05) is 6.07 Å². The fourth-order valence-electron chi connectivity index (χ4n) is 2.62. The molecule has 104 valence electrons. The van der Waals surface area contributed by atoms with Crippen LogP contribution in [-0.4, -0.2) is 23.6 Å². The summed E-state index contributed by atoms with van der Waals surface area (Å²) in [5.74, 6) is 1.60. The second-order valence-electron chi connectivity index (χ2n) is 5.19. The largest absolute Gasteiger partial charge is 0.496 e. The number of nitrogens with one attached hydrogen (secondary N) is 1. The van der Waals surface area contributed by atoms with E-state index in [9.17, 15) is 0 Å². The second-order valence-corrected chi connectivity index (χ2v) is 5.19. The third-order valence-electron chi connectivity index (χ3n) is 3.74. The van der Waals surface area contributed by atoms with E-state index in [1.807, 2.05) is 12.1 Å². The van der Waals surface area contributed by atoms with Gasteiger partial charge in [0.2, 0.25) is 0 Å². The maximum Gasteiger partial charge on any atom is 0.163 e. The molecular formula is C16H19N3O. The Balaban J connectivity index is 2.13. The SMILES string of the molecule is COc1cc(C)ccc1-c1nc(C)c2c(n1)CCNC2. The molecule has 0 saturated carbocycles. The molecule has 0 amide bonds. The van der Waals surface area contributed by atoms with E-state index in [0.29, 0.717) is 0 Å². The van der Waals surface area contributed by atoms with Crippen LogP contribution >= 0.6 is 0 Å². The van der Waals surface area contributed by atoms with Crippen LogP contribution in [0.4, 0.5) is 0 Å². The van der Waals surface area contributed by atoms with Crippen LogP contribution in [-0.2, 0) is 13.0 Å². The molecule has 1 aliphatic heterocycles. The smallest absolute Gasteiger partial charge is 0.163 e. The highest BCUT2D eigenvalue weighted by Gasteiger charge is 2.17. The fraction of sp³-hybridized carbons (Fsp3) is 0.375. The lowest BCUT2D eigenvalue weighted by Gasteiger charge is -2.19. The molecule has 3 rings (SSSR count). The summed E-state index contributed by atoms with van der Waals surface area (Å²) in [4.78, 5) is 9.42. The number of hydrogen-bond acceptors (Lipinski definition) is 4. The molecule has 1 aromatic heterocycles. The molecule has 0 spiro atoms. The monoisotopic (exact) mass is 269 g/mol.